The van der Waals surface area contributed by atoms with Crippen molar-refractivity contribution in [3.63, 3.8) is 0 Å². The van der Waals surface area contributed by atoms with Crippen LogP contribution in [0, 0.1) is 0 Å². The Bertz CT molecular complexity index is 637. The number of aliphatic imine (C=N–C) groups is 1. The van der Waals surface area contributed by atoms with Crippen LogP contribution in [0.2, 0.25) is 0 Å². The predicted molar refractivity (Wildman–Crippen MR) is 133 cm³/mol. The molecule has 1 aliphatic heterocycles. The first-order valence-corrected chi connectivity index (χ1v) is 10.5. The highest BCUT2D eigenvalue weighted by atomic mass is 127. The summed E-state index contributed by atoms with van der Waals surface area (Å²) in [5.74, 6) is 1.04. The number of nitrogens with one attached hydrogen (secondary N) is 2. The number of carbonyl (C=O) groups is 1. The van der Waals surface area contributed by atoms with Crippen molar-refractivity contribution >= 4 is 41.5 Å². The number of hydrogen-bond donors (Lipinski definition) is 2. The molecule has 6 nitrogen and oxygen atoms in total. The van der Waals surface area contributed by atoms with E-state index in [1.165, 1.54) is 5.56 Å². The van der Waals surface area contributed by atoms with E-state index in [1.807, 2.05) is 17.0 Å². The summed E-state index contributed by atoms with van der Waals surface area (Å²) in [6, 6.07) is 9.30. The first kappa shape index (κ1) is 25.7. The molecule has 7 heteroatoms. The second kappa shape index (κ2) is 13.1. The lowest BCUT2D eigenvalue weighted by Crippen LogP contribution is -2.45. The smallest absolute Gasteiger partial charge is 0.226 e. The highest BCUT2D eigenvalue weighted by Gasteiger charge is 2.19. The van der Waals surface area contributed by atoms with E-state index in [9.17, 15) is 4.79 Å². The molecule has 1 saturated heterocycles. The van der Waals surface area contributed by atoms with E-state index < -0.39 is 0 Å². The average Bonchev–Trinajstić information content (AvgIpc) is 2.67. The lowest BCUT2D eigenvalue weighted by molar-refractivity contribution is -0.119. The zero-order valence-corrected chi connectivity index (χ0v) is 20.9. The number of rotatable bonds is 8. The van der Waals surface area contributed by atoms with Crippen molar-refractivity contribution in [2.75, 3.05) is 31.6 Å². The highest BCUT2D eigenvalue weighted by Crippen LogP contribution is 2.21. The van der Waals surface area contributed by atoms with Gasteiger partial charge in [-0.2, -0.15) is 0 Å². The maximum absolute atomic E-state index is 12.1. The molecular weight excluding hydrogens is 477 g/mol. The normalized spacial score (nSPS) is 15.1. The van der Waals surface area contributed by atoms with Crippen LogP contribution in [0.4, 0.5) is 5.69 Å². The van der Waals surface area contributed by atoms with Crippen molar-refractivity contribution in [1.29, 1.82) is 0 Å². The number of hydrogen-bond acceptors (Lipinski definition) is 3. The summed E-state index contributed by atoms with van der Waals surface area (Å²) < 4.78 is 0. The fourth-order valence-corrected chi connectivity index (χ4v) is 3.70. The van der Waals surface area contributed by atoms with Gasteiger partial charge in [0.1, 0.15) is 0 Å². The van der Waals surface area contributed by atoms with E-state index in [4.69, 9.17) is 0 Å². The molecule has 1 heterocycles. The van der Waals surface area contributed by atoms with Crippen LogP contribution in [0.15, 0.2) is 29.3 Å². The summed E-state index contributed by atoms with van der Waals surface area (Å²) in [7, 11) is 1.79. The molecule has 29 heavy (non-hydrogen) atoms. The molecule has 2 rings (SSSR count). The number of piperidine rings is 1. The van der Waals surface area contributed by atoms with Crippen molar-refractivity contribution in [3.05, 3.63) is 29.8 Å². The van der Waals surface area contributed by atoms with Crippen LogP contribution in [0.25, 0.3) is 0 Å². The van der Waals surface area contributed by atoms with Gasteiger partial charge >= 0.3 is 0 Å². The van der Waals surface area contributed by atoms with Crippen LogP contribution in [-0.4, -0.2) is 55.5 Å². The Morgan fingerprint density at radius 3 is 2.31 bits per heavy atom. The molecule has 0 aromatic heterocycles. The summed E-state index contributed by atoms with van der Waals surface area (Å²) >= 11 is 0. The van der Waals surface area contributed by atoms with Gasteiger partial charge in [0.2, 0.25) is 5.91 Å². The summed E-state index contributed by atoms with van der Waals surface area (Å²) in [4.78, 5) is 20.7. The lowest BCUT2D eigenvalue weighted by Gasteiger charge is -2.30. The molecule has 164 valence electrons. The summed E-state index contributed by atoms with van der Waals surface area (Å²) in [6.07, 6.45) is 2.76. The third-order valence-electron chi connectivity index (χ3n) is 5.24. The Kier molecular flexibility index (Phi) is 11.6. The predicted octanol–water partition coefficient (Wildman–Crippen LogP) is 3.61. The average molecular weight is 515 g/mol. The monoisotopic (exact) mass is 515 g/mol. The van der Waals surface area contributed by atoms with Crippen molar-refractivity contribution in [3.8, 4) is 0 Å². The van der Waals surface area contributed by atoms with Crippen LogP contribution in [0.3, 0.4) is 0 Å². The molecule has 1 fully saturated rings. The fraction of sp³-hybridized carbons (Fsp3) is 0.636. The first-order valence-electron chi connectivity index (χ1n) is 10.5. The standard InChI is InChI=1S/C22H37N5O.HI/c1-17(2)26(18(3)4)15-13-24-22(23-5)25-16-19-9-11-20(12-10-19)27-14-7-6-8-21(27)28;/h9-12,17-18H,6-8,13-16H2,1-5H3,(H2,23,24,25);1H. The Labute approximate surface area is 193 Å². The maximum atomic E-state index is 12.1. The fourth-order valence-electron chi connectivity index (χ4n) is 3.70. The molecule has 0 unspecified atom stereocenters. The second-order valence-corrected chi connectivity index (χ2v) is 7.95. The molecular formula is C22H38IN5O. The molecule has 1 aromatic carbocycles. The van der Waals surface area contributed by atoms with Crippen molar-refractivity contribution in [2.45, 2.75) is 65.6 Å². The Balaban J connectivity index is 0.00000420. The SMILES string of the molecule is CN=C(NCCN(C(C)C)C(C)C)NCc1ccc(N2CCCCC2=O)cc1.I. The molecule has 1 amide bonds. The van der Waals surface area contributed by atoms with Gasteiger partial charge in [-0.3, -0.25) is 14.7 Å². The van der Waals surface area contributed by atoms with Crippen LogP contribution >= 0.6 is 24.0 Å². The maximum Gasteiger partial charge on any atom is 0.226 e. The van der Waals surface area contributed by atoms with E-state index in [1.54, 1.807) is 7.05 Å². The third-order valence-corrected chi connectivity index (χ3v) is 5.24. The third kappa shape index (κ3) is 8.12. The van der Waals surface area contributed by atoms with E-state index in [0.29, 0.717) is 25.0 Å². The highest BCUT2D eigenvalue weighted by molar-refractivity contribution is 14.0. The van der Waals surface area contributed by atoms with Gasteiger partial charge in [-0.05, 0) is 58.2 Å². The van der Waals surface area contributed by atoms with Gasteiger partial charge in [-0.25, -0.2) is 0 Å². The van der Waals surface area contributed by atoms with Gasteiger partial charge in [0.15, 0.2) is 5.96 Å². The van der Waals surface area contributed by atoms with Gasteiger partial charge in [-0.1, -0.05) is 12.1 Å². The largest absolute Gasteiger partial charge is 0.355 e. The van der Waals surface area contributed by atoms with E-state index in [0.717, 1.165) is 44.1 Å². The first-order chi connectivity index (χ1) is 13.4. The molecule has 0 radical (unpaired) electrons. The number of nitrogens with zero attached hydrogens (tertiary/aromatic N) is 3. The number of carbonyl (C=O) groups excluding carboxylic acids is 1. The summed E-state index contributed by atoms with van der Waals surface area (Å²) in [5.41, 5.74) is 2.17. The van der Waals surface area contributed by atoms with Crippen molar-refractivity contribution in [2.24, 2.45) is 4.99 Å². The zero-order valence-electron chi connectivity index (χ0n) is 18.6. The van der Waals surface area contributed by atoms with E-state index in [-0.39, 0.29) is 29.9 Å². The molecule has 1 aromatic rings. The van der Waals surface area contributed by atoms with Gasteiger partial charge in [0.05, 0.1) is 0 Å². The van der Waals surface area contributed by atoms with Gasteiger partial charge in [0.25, 0.3) is 0 Å². The molecule has 0 bridgehead atoms. The quantitative estimate of drug-likeness (QED) is 0.316. The van der Waals surface area contributed by atoms with Crippen molar-refractivity contribution < 1.29 is 4.79 Å². The van der Waals surface area contributed by atoms with Gasteiger partial charge < -0.3 is 15.5 Å². The molecule has 2 N–H and O–H groups in total. The van der Waals surface area contributed by atoms with Crippen molar-refractivity contribution in [1.82, 2.24) is 15.5 Å². The van der Waals surface area contributed by atoms with Gasteiger partial charge in [-0.15, -0.1) is 24.0 Å². The minimum Gasteiger partial charge on any atom is -0.355 e. The van der Waals surface area contributed by atoms with Crippen LogP contribution < -0.4 is 15.5 Å². The Morgan fingerprint density at radius 1 is 1.10 bits per heavy atom. The molecule has 0 saturated carbocycles. The number of guanidine groups is 1. The van der Waals surface area contributed by atoms with Crippen LogP contribution in [-0.2, 0) is 11.3 Å². The number of benzene rings is 1. The summed E-state index contributed by atoms with van der Waals surface area (Å²) in [6.45, 7) is 12.3. The minimum absolute atomic E-state index is 0. The minimum atomic E-state index is 0. The topological polar surface area (TPSA) is 60.0 Å². The van der Waals surface area contributed by atoms with E-state index in [2.05, 4.69) is 60.4 Å². The Hall–Kier alpha value is -1.35. The van der Waals surface area contributed by atoms with Crippen LogP contribution in [0.1, 0.15) is 52.5 Å². The number of anilines is 1. The summed E-state index contributed by atoms with van der Waals surface area (Å²) in [5, 5.41) is 6.76. The van der Waals surface area contributed by atoms with Crippen LogP contribution in [0.5, 0.6) is 0 Å². The Morgan fingerprint density at radius 2 is 1.76 bits per heavy atom. The number of halogens is 1. The zero-order chi connectivity index (χ0) is 20.5. The molecule has 1 aliphatic rings. The molecule has 0 spiro atoms. The van der Waals surface area contributed by atoms with Gasteiger partial charge in [0, 0.05) is 57.4 Å². The lowest BCUT2D eigenvalue weighted by atomic mass is 10.1. The second-order valence-electron chi connectivity index (χ2n) is 7.95. The number of amides is 1. The van der Waals surface area contributed by atoms with E-state index >= 15 is 0 Å². The molecule has 0 aliphatic carbocycles. The molecule has 0 atom stereocenters.